The van der Waals surface area contributed by atoms with Gasteiger partial charge in [-0.3, -0.25) is 9.36 Å². The van der Waals surface area contributed by atoms with E-state index in [1.54, 1.807) is 13.8 Å². The minimum absolute atomic E-state index is 0.183. The fourth-order valence-electron chi connectivity index (χ4n) is 2.10. The van der Waals surface area contributed by atoms with Crippen molar-refractivity contribution in [3.63, 3.8) is 0 Å². The van der Waals surface area contributed by atoms with Crippen LogP contribution in [-0.4, -0.2) is 22.1 Å². The summed E-state index contributed by atoms with van der Waals surface area (Å²) in [6.07, 6.45) is 0.757. The molecular formula is C14H18N2O3S. The first-order chi connectivity index (χ1) is 9.45. The summed E-state index contributed by atoms with van der Waals surface area (Å²) in [5.74, 6) is 0.135. The van der Waals surface area contributed by atoms with E-state index in [-0.39, 0.29) is 5.56 Å². The first kappa shape index (κ1) is 14.7. The molecule has 0 aliphatic heterocycles. The van der Waals surface area contributed by atoms with Gasteiger partial charge in [-0.25, -0.2) is 9.78 Å². The Bertz CT molecular complexity index is 702. The summed E-state index contributed by atoms with van der Waals surface area (Å²) in [5, 5.41) is 0.563. The van der Waals surface area contributed by atoms with Crippen LogP contribution in [-0.2, 0) is 9.53 Å². The average Bonchev–Trinajstić information content (AvgIpc) is 2.76. The lowest BCUT2D eigenvalue weighted by atomic mass is 10.3. The minimum atomic E-state index is -0.661. The van der Waals surface area contributed by atoms with Crippen molar-refractivity contribution in [2.24, 2.45) is 0 Å². The normalized spacial score (nSPS) is 12.6. The molecule has 2 rings (SSSR count). The van der Waals surface area contributed by atoms with Crippen molar-refractivity contribution in [2.75, 3.05) is 6.61 Å². The summed E-state index contributed by atoms with van der Waals surface area (Å²) in [5.41, 5.74) is -0.183. The molecule has 0 fully saturated rings. The third-order valence-electron chi connectivity index (χ3n) is 3.07. The van der Waals surface area contributed by atoms with Crippen LogP contribution in [0.3, 0.4) is 0 Å². The van der Waals surface area contributed by atoms with E-state index < -0.39 is 12.0 Å². The lowest BCUT2D eigenvalue weighted by Gasteiger charge is -2.16. The molecule has 0 aliphatic carbocycles. The van der Waals surface area contributed by atoms with Crippen molar-refractivity contribution in [1.29, 1.82) is 0 Å². The van der Waals surface area contributed by atoms with Gasteiger partial charge in [-0.05, 0) is 33.3 Å². The predicted molar refractivity (Wildman–Crippen MR) is 79.3 cm³/mol. The van der Waals surface area contributed by atoms with E-state index in [4.69, 9.17) is 4.74 Å². The third-order valence-corrected chi connectivity index (χ3v) is 4.02. The molecule has 0 radical (unpaired) electrons. The van der Waals surface area contributed by atoms with Crippen LogP contribution in [0.15, 0.2) is 10.9 Å². The smallest absolute Gasteiger partial charge is 0.329 e. The van der Waals surface area contributed by atoms with Crippen molar-refractivity contribution in [3.05, 3.63) is 27.1 Å². The van der Waals surface area contributed by atoms with Crippen LogP contribution in [0.25, 0.3) is 10.2 Å². The largest absolute Gasteiger partial charge is 0.464 e. The summed E-state index contributed by atoms with van der Waals surface area (Å²) in [7, 11) is 0. The topological polar surface area (TPSA) is 61.2 Å². The molecule has 0 saturated carbocycles. The molecular weight excluding hydrogens is 276 g/mol. The van der Waals surface area contributed by atoms with Crippen LogP contribution in [0.4, 0.5) is 0 Å². The van der Waals surface area contributed by atoms with Gasteiger partial charge in [0, 0.05) is 4.88 Å². The zero-order valence-corrected chi connectivity index (χ0v) is 12.9. The van der Waals surface area contributed by atoms with Gasteiger partial charge in [-0.1, -0.05) is 6.92 Å². The number of ether oxygens (including phenoxy) is 1. The van der Waals surface area contributed by atoms with E-state index in [0.717, 1.165) is 16.1 Å². The summed E-state index contributed by atoms with van der Waals surface area (Å²) >= 11 is 1.48. The summed E-state index contributed by atoms with van der Waals surface area (Å²) in [6.45, 7) is 7.63. The van der Waals surface area contributed by atoms with E-state index >= 15 is 0 Å². The molecule has 1 unspecified atom stereocenters. The Morgan fingerprint density at radius 3 is 2.85 bits per heavy atom. The Balaban J connectivity index is 2.48. The number of carbonyl (C=O) groups is 1. The van der Waals surface area contributed by atoms with Gasteiger partial charge in [-0.2, -0.15) is 0 Å². The Hall–Kier alpha value is -1.69. The standard InChI is InChI=1S/C14H18N2O3S/c1-5-6-19-14(18)9(3)16-10(4)15-12-11(13(16)17)7-8(2)20-12/h7,9H,5-6H2,1-4H3. The van der Waals surface area contributed by atoms with Crippen molar-refractivity contribution < 1.29 is 9.53 Å². The number of hydrogen-bond donors (Lipinski definition) is 0. The van der Waals surface area contributed by atoms with Crippen LogP contribution >= 0.6 is 11.3 Å². The maximum atomic E-state index is 12.5. The van der Waals surface area contributed by atoms with E-state index in [9.17, 15) is 9.59 Å². The van der Waals surface area contributed by atoms with Gasteiger partial charge in [0.25, 0.3) is 5.56 Å². The molecule has 0 aromatic carbocycles. The van der Waals surface area contributed by atoms with Crippen LogP contribution in [0.2, 0.25) is 0 Å². The lowest BCUT2D eigenvalue weighted by molar-refractivity contribution is -0.147. The molecule has 5 nitrogen and oxygen atoms in total. The van der Waals surface area contributed by atoms with Crippen LogP contribution in [0.1, 0.15) is 37.0 Å². The quantitative estimate of drug-likeness (QED) is 0.813. The monoisotopic (exact) mass is 294 g/mol. The Morgan fingerprint density at radius 1 is 1.50 bits per heavy atom. The second-order valence-corrected chi connectivity index (χ2v) is 5.99. The summed E-state index contributed by atoms with van der Waals surface area (Å²) in [6, 6.07) is 1.15. The van der Waals surface area contributed by atoms with Gasteiger partial charge in [0.05, 0.1) is 12.0 Å². The van der Waals surface area contributed by atoms with Gasteiger partial charge in [0.2, 0.25) is 0 Å². The molecule has 0 bridgehead atoms. The van der Waals surface area contributed by atoms with Crippen LogP contribution in [0.5, 0.6) is 0 Å². The van der Waals surface area contributed by atoms with Crippen LogP contribution in [0, 0.1) is 13.8 Å². The van der Waals surface area contributed by atoms with Crippen molar-refractivity contribution in [3.8, 4) is 0 Å². The number of aryl methyl sites for hydroxylation is 2. The molecule has 0 amide bonds. The van der Waals surface area contributed by atoms with Gasteiger partial charge < -0.3 is 4.74 Å². The number of rotatable bonds is 4. The van der Waals surface area contributed by atoms with E-state index in [1.807, 2.05) is 19.9 Å². The number of fused-ring (bicyclic) bond motifs is 1. The zero-order valence-electron chi connectivity index (χ0n) is 12.1. The molecule has 20 heavy (non-hydrogen) atoms. The molecule has 108 valence electrons. The first-order valence-corrected chi connectivity index (χ1v) is 7.43. The highest BCUT2D eigenvalue weighted by Gasteiger charge is 2.21. The third kappa shape index (κ3) is 2.60. The SMILES string of the molecule is CCCOC(=O)C(C)n1c(C)nc2sc(C)cc2c1=O. The number of esters is 1. The van der Waals surface area contributed by atoms with E-state index in [1.165, 1.54) is 15.9 Å². The molecule has 2 aromatic heterocycles. The summed E-state index contributed by atoms with van der Waals surface area (Å²) < 4.78 is 6.52. The molecule has 1 atom stereocenters. The van der Waals surface area contributed by atoms with E-state index in [0.29, 0.717) is 17.8 Å². The van der Waals surface area contributed by atoms with Crippen molar-refractivity contribution >= 4 is 27.5 Å². The molecule has 2 aromatic rings. The van der Waals surface area contributed by atoms with Gasteiger partial charge >= 0.3 is 5.97 Å². The molecule has 0 saturated heterocycles. The van der Waals surface area contributed by atoms with Crippen molar-refractivity contribution in [2.45, 2.75) is 40.2 Å². The maximum Gasteiger partial charge on any atom is 0.329 e. The lowest BCUT2D eigenvalue weighted by Crippen LogP contribution is -2.31. The maximum absolute atomic E-state index is 12.5. The molecule has 0 aliphatic rings. The number of carbonyl (C=O) groups excluding carboxylic acids is 1. The highest BCUT2D eigenvalue weighted by atomic mass is 32.1. The number of thiophene rings is 1. The molecule has 0 spiro atoms. The Kier molecular flexibility index (Phi) is 4.23. The first-order valence-electron chi connectivity index (χ1n) is 6.61. The van der Waals surface area contributed by atoms with E-state index in [2.05, 4.69) is 4.98 Å². The predicted octanol–water partition coefficient (Wildman–Crippen LogP) is 2.59. The zero-order chi connectivity index (χ0) is 14.9. The van der Waals surface area contributed by atoms with Gasteiger partial charge in [0.15, 0.2) is 0 Å². The fourth-order valence-corrected chi connectivity index (χ4v) is 3.02. The Morgan fingerprint density at radius 2 is 2.20 bits per heavy atom. The van der Waals surface area contributed by atoms with Crippen LogP contribution < -0.4 is 5.56 Å². The second-order valence-electron chi connectivity index (χ2n) is 4.75. The van der Waals surface area contributed by atoms with Gasteiger partial charge in [0.1, 0.15) is 16.7 Å². The second kappa shape index (κ2) is 5.75. The molecule has 2 heterocycles. The highest BCUT2D eigenvalue weighted by Crippen LogP contribution is 2.21. The number of hydrogen-bond acceptors (Lipinski definition) is 5. The molecule has 6 heteroatoms. The summed E-state index contributed by atoms with van der Waals surface area (Å²) in [4.78, 5) is 30.6. The van der Waals surface area contributed by atoms with Crippen molar-refractivity contribution in [1.82, 2.24) is 9.55 Å². The Labute approximate surface area is 121 Å². The molecule has 0 N–H and O–H groups in total. The average molecular weight is 294 g/mol. The number of aromatic nitrogens is 2. The highest BCUT2D eigenvalue weighted by molar-refractivity contribution is 7.18. The fraction of sp³-hybridized carbons (Fsp3) is 0.500. The minimum Gasteiger partial charge on any atom is -0.464 e. The number of nitrogens with zero attached hydrogens (tertiary/aromatic N) is 2. The van der Waals surface area contributed by atoms with Gasteiger partial charge in [-0.15, -0.1) is 11.3 Å².